The molecule has 0 bridgehead atoms. The van der Waals surface area contributed by atoms with E-state index in [9.17, 15) is 4.79 Å². The molecule has 0 saturated heterocycles. The minimum Gasteiger partial charge on any atom is -0.340 e. The van der Waals surface area contributed by atoms with Crippen LogP contribution < -0.4 is 0 Å². The van der Waals surface area contributed by atoms with Gasteiger partial charge in [-0.2, -0.15) is 0 Å². The van der Waals surface area contributed by atoms with Gasteiger partial charge < -0.3 is 4.79 Å². The molecule has 0 fully saturated rings. The average molecular weight is 254 g/mol. The molecule has 0 atom stereocenters. The van der Waals surface area contributed by atoms with E-state index in [-0.39, 0.29) is 15.2 Å². The normalized spacial score (nSPS) is 10.2. The highest BCUT2D eigenvalue weighted by molar-refractivity contribution is 7.11. The van der Waals surface area contributed by atoms with Crippen molar-refractivity contribution in [1.82, 2.24) is 0 Å². The molecule has 0 unspecified atom stereocenters. The molecular weight excluding hydrogens is 226 g/mol. The number of carbonyl (C=O) groups excluding carboxylic acids is 1. The fourth-order valence-corrected chi connectivity index (χ4v) is 9.42. The van der Waals surface area contributed by atoms with Crippen molar-refractivity contribution < 1.29 is 4.79 Å². The van der Waals surface area contributed by atoms with E-state index in [1.165, 1.54) is 54.4 Å². The Morgan fingerprint density at radius 2 is 1.44 bits per heavy atom. The minimum atomic E-state index is -0.983. The van der Waals surface area contributed by atoms with Gasteiger partial charge in [0.1, 0.15) is 0 Å². The second-order valence-corrected chi connectivity index (χ2v) is 10.8. The van der Waals surface area contributed by atoms with Gasteiger partial charge >= 0.3 is 29.4 Å². The zero-order valence-corrected chi connectivity index (χ0v) is 14.1. The maximum atomic E-state index is 12.2. The predicted molar refractivity (Wildman–Crippen MR) is 77.4 cm³/mol. The summed E-state index contributed by atoms with van der Waals surface area (Å²) in [4.78, 5) is 12.2. The summed E-state index contributed by atoms with van der Waals surface area (Å²) in [5.74, 6) is 0. The predicted octanol–water partition coefficient (Wildman–Crippen LogP) is 4.44. The van der Waals surface area contributed by atoms with Crippen molar-refractivity contribution in [2.24, 2.45) is 0 Å². The summed E-state index contributed by atoms with van der Waals surface area (Å²) in [6.07, 6.45) is 7.68. The van der Waals surface area contributed by atoms with E-state index in [1.54, 1.807) is 0 Å². The van der Waals surface area contributed by atoms with Crippen LogP contribution >= 0.6 is 0 Å². The van der Waals surface area contributed by atoms with Gasteiger partial charge in [-0.25, -0.2) is 0 Å². The molecule has 0 N–H and O–H groups in total. The second kappa shape index (κ2) is 12.2. The first-order valence-corrected chi connectivity index (χ1v) is 11.2. The SMILES string of the molecule is CCC[CH2][AlH][C](=O)[Al]([CH2]CCC)[CH2]CCC. The number of hydrogen-bond donors (Lipinski definition) is 0. The van der Waals surface area contributed by atoms with E-state index >= 15 is 0 Å². The lowest BCUT2D eigenvalue weighted by Gasteiger charge is -2.09. The first-order chi connectivity index (χ1) is 7.76. The zero-order valence-electron chi connectivity index (χ0n) is 11.6. The minimum absolute atomic E-state index is 0.356. The van der Waals surface area contributed by atoms with Crippen LogP contribution in [0, 0.1) is 0 Å². The van der Waals surface area contributed by atoms with Gasteiger partial charge in [0.15, 0.2) is 0 Å². The van der Waals surface area contributed by atoms with E-state index in [1.807, 2.05) is 0 Å². The molecule has 0 rings (SSSR count). The summed E-state index contributed by atoms with van der Waals surface area (Å²) >= 11 is -1.34. The number of carbonyl (C=O) groups is 1. The number of rotatable bonds is 11. The fraction of sp³-hybridized carbons (Fsp3) is 0.923. The van der Waals surface area contributed by atoms with Gasteiger partial charge in [0, 0.05) is 0 Å². The second-order valence-electron chi connectivity index (χ2n) is 4.90. The molecule has 0 aliphatic heterocycles. The Kier molecular flexibility index (Phi) is 12.8. The third-order valence-electron chi connectivity index (χ3n) is 3.29. The first-order valence-electron chi connectivity index (χ1n) is 7.28. The van der Waals surface area contributed by atoms with Crippen LogP contribution in [-0.2, 0) is 0 Å². The summed E-state index contributed by atoms with van der Waals surface area (Å²) in [6, 6.07) is 0. The van der Waals surface area contributed by atoms with Crippen LogP contribution in [0.3, 0.4) is 0 Å². The van der Waals surface area contributed by atoms with Gasteiger partial charge in [-0.3, -0.25) is 0 Å². The van der Waals surface area contributed by atoms with Crippen LogP contribution in [-0.4, -0.2) is 32.9 Å². The Morgan fingerprint density at radius 3 is 1.88 bits per heavy atom. The molecule has 0 saturated carbocycles. The summed E-state index contributed by atoms with van der Waals surface area (Å²) in [5, 5.41) is 3.88. The molecule has 92 valence electrons. The molecule has 3 heteroatoms. The van der Waals surface area contributed by atoms with Crippen molar-refractivity contribution >= 4 is 32.9 Å². The molecule has 0 heterocycles. The van der Waals surface area contributed by atoms with Gasteiger partial charge in [0.05, 0.1) is 0 Å². The summed E-state index contributed by atoms with van der Waals surface area (Å²) < 4.78 is 0.815. The molecule has 0 aliphatic carbocycles. The van der Waals surface area contributed by atoms with Crippen molar-refractivity contribution in [3.05, 3.63) is 0 Å². The first kappa shape index (κ1) is 16.7. The fourth-order valence-electron chi connectivity index (χ4n) is 2.12. The van der Waals surface area contributed by atoms with E-state index < -0.39 is 14.1 Å². The molecular formula is C13H28Al2O. The highest BCUT2D eigenvalue weighted by Crippen LogP contribution is 2.12. The maximum Gasteiger partial charge on any atom is 0.335 e. The third-order valence-corrected chi connectivity index (χ3v) is 10.4. The molecule has 0 amide bonds. The standard InChI is InChI=1S/3C4H9.CO.2Al.H/c3*1-3-4-2;1-2;;;/h3*1,3-4H2,2H3;;;;. The highest BCUT2D eigenvalue weighted by Gasteiger charge is 2.24. The lowest BCUT2D eigenvalue weighted by molar-refractivity contribution is 0.273. The number of unbranched alkanes of at least 4 members (excludes halogenated alkanes) is 3. The van der Waals surface area contributed by atoms with E-state index in [0.29, 0.717) is 0 Å². The lowest BCUT2D eigenvalue weighted by Crippen LogP contribution is -2.29. The lowest BCUT2D eigenvalue weighted by atomic mass is 10.4. The van der Waals surface area contributed by atoms with Crippen LogP contribution in [0.25, 0.3) is 0 Å². The van der Waals surface area contributed by atoms with E-state index in [2.05, 4.69) is 20.8 Å². The summed E-state index contributed by atoms with van der Waals surface area (Å²) in [6.45, 7) is 6.70. The Morgan fingerprint density at radius 1 is 0.938 bits per heavy atom. The van der Waals surface area contributed by atoms with Gasteiger partial charge in [-0.1, -0.05) is 75.1 Å². The third kappa shape index (κ3) is 8.84. The van der Waals surface area contributed by atoms with Crippen molar-refractivity contribution in [2.75, 3.05) is 0 Å². The Balaban J connectivity index is 3.88. The number of hydrogen-bond acceptors (Lipinski definition) is 1. The van der Waals surface area contributed by atoms with E-state index in [0.717, 1.165) is 3.51 Å². The Labute approximate surface area is 112 Å². The smallest absolute Gasteiger partial charge is 0.335 e. The van der Waals surface area contributed by atoms with Crippen LogP contribution in [0.15, 0.2) is 0 Å². The van der Waals surface area contributed by atoms with Gasteiger partial charge in [0.25, 0.3) is 0 Å². The molecule has 0 aromatic carbocycles. The van der Waals surface area contributed by atoms with Crippen molar-refractivity contribution in [2.45, 2.75) is 75.1 Å². The van der Waals surface area contributed by atoms with Crippen LogP contribution in [0.5, 0.6) is 0 Å². The Hall–Kier alpha value is 0.735. The summed E-state index contributed by atoms with van der Waals surface area (Å²) in [7, 11) is 0. The molecule has 16 heavy (non-hydrogen) atoms. The van der Waals surface area contributed by atoms with Crippen molar-refractivity contribution in [3.63, 3.8) is 0 Å². The molecule has 0 spiro atoms. The maximum absolute atomic E-state index is 12.2. The zero-order chi connectivity index (χ0) is 12.2. The van der Waals surface area contributed by atoms with Crippen LogP contribution in [0.1, 0.15) is 59.3 Å². The summed E-state index contributed by atoms with van der Waals surface area (Å²) in [5.41, 5.74) is 0. The monoisotopic (exact) mass is 254 g/mol. The van der Waals surface area contributed by atoms with Crippen LogP contribution in [0.4, 0.5) is 4.79 Å². The van der Waals surface area contributed by atoms with Gasteiger partial charge in [-0.05, 0) is 3.51 Å². The Bertz CT molecular complexity index is 163. The van der Waals surface area contributed by atoms with Crippen LogP contribution in [0.2, 0.25) is 15.8 Å². The quantitative estimate of drug-likeness (QED) is 0.393. The average Bonchev–Trinajstić information content (AvgIpc) is 2.29. The molecule has 1 nitrogen and oxygen atoms in total. The molecule has 0 radical (unpaired) electrons. The molecule has 0 aromatic heterocycles. The van der Waals surface area contributed by atoms with Crippen molar-refractivity contribution in [1.29, 1.82) is 0 Å². The molecule has 0 aromatic rings. The van der Waals surface area contributed by atoms with Gasteiger partial charge in [-0.15, -0.1) is 0 Å². The largest absolute Gasteiger partial charge is 0.340 e. The topological polar surface area (TPSA) is 17.1 Å². The highest BCUT2D eigenvalue weighted by atomic mass is 27.2. The van der Waals surface area contributed by atoms with E-state index in [4.69, 9.17) is 0 Å². The molecule has 0 aliphatic rings. The van der Waals surface area contributed by atoms with Crippen molar-refractivity contribution in [3.8, 4) is 0 Å². The van der Waals surface area contributed by atoms with Gasteiger partial charge in [0.2, 0.25) is 0 Å².